The third-order valence-corrected chi connectivity index (χ3v) is 3.47. The second-order valence-electron chi connectivity index (χ2n) is 4.98. The number of nitrogens with two attached hydrogens (primary N) is 1. The lowest BCUT2D eigenvalue weighted by atomic mass is 9.95. The molecule has 1 unspecified atom stereocenters. The number of hydrogen-bond acceptors (Lipinski definition) is 4. The summed E-state index contributed by atoms with van der Waals surface area (Å²) in [6.07, 6.45) is 0.461. The Morgan fingerprint density at radius 1 is 1.27 bits per heavy atom. The number of primary amides is 1. The van der Waals surface area contributed by atoms with Crippen molar-refractivity contribution in [2.45, 2.75) is 6.42 Å². The van der Waals surface area contributed by atoms with Gasteiger partial charge in [-0.1, -0.05) is 24.3 Å². The second-order valence-corrected chi connectivity index (χ2v) is 4.98. The lowest BCUT2D eigenvalue weighted by Gasteiger charge is -2.24. The van der Waals surface area contributed by atoms with Crippen molar-refractivity contribution in [3.63, 3.8) is 0 Å². The normalized spacial score (nSPS) is 18.1. The molecule has 2 aromatic rings. The third kappa shape index (κ3) is 2.67. The van der Waals surface area contributed by atoms with Crippen LogP contribution in [0.5, 0.6) is 5.75 Å². The fourth-order valence-corrected chi connectivity index (χ4v) is 2.36. The lowest BCUT2D eigenvalue weighted by Crippen LogP contribution is -2.37. The summed E-state index contributed by atoms with van der Waals surface area (Å²) >= 11 is 0. The molecule has 3 rings (SSSR count). The van der Waals surface area contributed by atoms with Gasteiger partial charge in [-0.3, -0.25) is 4.79 Å². The molecule has 2 aromatic carbocycles. The number of fused-ring (bicyclic) bond motifs is 1. The smallest absolute Gasteiger partial charge is 0.230 e. The van der Waals surface area contributed by atoms with Crippen molar-refractivity contribution in [2.75, 3.05) is 0 Å². The zero-order chi connectivity index (χ0) is 15.5. The predicted molar refractivity (Wildman–Crippen MR) is 81.7 cm³/mol. The van der Waals surface area contributed by atoms with E-state index in [1.165, 1.54) is 0 Å². The minimum atomic E-state index is -0.611. The van der Waals surface area contributed by atoms with Gasteiger partial charge in [0.25, 0.3) is 0 Å². The van der Waals surface area contributed by atoms with Crippen molar-refractivity contribution in [3.8, 4) is 11.8 Å². The molecule has 1 aliphatic heterocycles. The van der Waals surface area contributed by atoms with Crippen molar-refractivity contribution in [2.24, 2.45) is 16.6 Å². The van der Waals surface area contributed by atoms with Gasteiger partial charge >= 0.3 is 0 Å². The van der Waals surface area contributed by atoms with Gasteiger partial charge < -0.3 is 10.5 Å². The van der Waals surface area contributed by atoms with Crippen molar-refractivity contribution < 1.29 is 9.53 Å². The summed E-state index contributed by atoms with van der Waals surface area (Å²) in [5, 5.41) is 8.93. The Kier molecular flexibility index (Phi) is 3.58. The summed E-state index contributed by atoms with van der Waals surface area (Å²) in [7, 11) is 0. The molecular formula is C17H13N3O2. The maximum Gasteiger partial charge on any atom is 0.230 e. The molecule has 0 saturated carbocycles. The van der Waals surface area contributed by atoms with Crippen molar-refractivity contribution in [3.05, 3.63) is 59.7 Å². The van der Waals surface area contributed by atoms with Gasteiger partial charge in [0.1, 0.15) is 11.7 Å². The Morgan fingerprint density at radius 2 is 2.09 bits per heavy atom. The number of carbonyl (C=O) groups excluding carboxylic acids is 1. The zero-order valence-electron chi connectivity index (χ0n) is 11.7. The van der Waals surface area contributed by atoms with Crippen LogP contribution < -0.4 is 10.5 Å². The summed E-state index contributed by atoms with van der Waals surface area (Å²) in [5.74, 6) is -0.151. The molecule has 0 saturated heterocycles. The Balaban J connectivity index is 2.02. The van der Waals surface area contributed by atoms with Crippen LogP contribution in [0.2, 0.25) is 0 Å². The van der Waals surface area contributed by atoms with E-state index in [0.29, 0.717) is 23.4 Å². The van der Waals surface area contributed by atoms with Gasteiger partial charge in [-0.15, -0.1) is 0 Å². The monoisotopic (exact) mass is 291 g/mol. The number of hydrogen-bond donors (Lipinski definition) is 1. The third-order valence-electron chi connectivity index (χ3n) is 3.47. The van der Waals surface area contributed by atoms with Crippen molar-refractivity contribution in [1.82, 2.24) is 0 Å². The fraction of sp³-hybridized carbons (Fsp3) is 0.118. The van der Waals surface area contributed by atoms with Gasteiger partial charge in [0.05, 0.1) is 17.3 Å². The van der Waals surface area contributed by atoms with E-state index >= 15 is 0 Å². The average Bonchev–Trinajstić information content (AvgIpc) is 2.54. The Hall–Kier alpha value is -3.13. The highest BCUT2D eigenvalue weighted by Crippen LogP contribution is 2.29. The van der Waals surface area contributed by atoms with E-state index in [1.807, 2.05) is 24.3 Å². The summed E-state index contributed by atoms with van der Waals surface area (Å²) in [5.41, 5.74) is 7.45. The van der Waals surface area contributed by atoms with Crippen LogP contribution in [-0.4, -0.2) is 11.8 Å². The maximum absolute atomic E-state index is 11.7. The first kappa shape index (κ1) is 13.8. The minimum Gasteiger partial charge on any atom is -0.442 e. The molecule has 5 nitrogen and oxygen atoms in total. The summed E-state index contributed by atoms with van der Waals surface area (Å²) in [6, 6.07) is 16.3. The van der Waals surface area contributed by atoms with Crippen LogP contribution in [0, 0.1) is 17.2 Å². The molecule has 108 valence electrons. The molecule has 1 aliphatic rings. The van der Waals surface area contributed by atoms with Crippen molar-refractivity contribution >= 4 is 17.5 Å². The molecule has 0 radical (unpaired) electrons. The average molecular weight is 291 g/mol. The van der Waals surface area contributed by atoms with Crippen molar-refractivity contribution in [1.29, 1.82) is 5.26 Å². The summed E-state index contributed by atoms with van der Waals surface area (Å²) in [6.45, 7) is 0. The molecule has 1 atom stereocenters. The highest BCUT2D eigenvalue weighted by molar-refractivity contribution is 6.02. The summed E-state index contributed by atoms with van der Waals surface area (Å²) in [4.78, 5) is 16.1. The highest BCUT2D eigenvalue weighted by Gasteiger charge is 2.30. The zero-order valence-corrected chi connectivity index (χ0v) is 11.7. The fourth-order valence-electron chi connectivity index (χ4n) is 2.36. The Bertz CT molecular complexity index is 806. The topological polar surface area (TPSA) is 88.5 Å². The number of benzene rings is 2. The quantitative estimate of drug-likeness (QED) is 0.920. The van der Waals surface area contributed by atoms with E-state index in [0.717, 1.165) is 5.56 Å². The van der Waals surface area contributed by atoms with Crippen LogP contribution in [-0.2, 0) is 11.2 Å². The van der Waals surface area contributed by atoms with Gasteiger partial charge in [-0.05, 0) is 36.2 Å². The molecule has 22 heavy (non-hydrogen) atoms. The van der Waals surface area contributed by atoms with Gasteiger partial charge in [0, 0.05) is 0 Å². The molecule has 2 N–H and O–H groups in total. The van der Waals surface area contributed by atoms with Crippen LogP contribution in [0.15, 0.2) is 53.5 Å². The van der Waals surface area contributed by atoms with E-state index in [2.05, 4.69) is 11.1 Å². The van der Waals surface area contributed by atoms with Gasteiger partial charge in [0.2, 0.25) is 11.8 Å². The molecule has 5 heteroatoms. The number of amides is 1. The number of nitrogens with zero attached hydrogens (tertiary/aromatic N) is 2. The maximum atomic E-state index is 11.7. The molecule has 1 amide bonds. The Labute approximate surface area is 127 Å². The van der Waals surface area contributed by atoms with Crippen LogP contribution >= 0.6 is 0 Å². The second kappa shape index (κ2) is 5.70. The van der Waals surface area contributed by atoms with E-state index in [9.17, 15) is 4.79 Å². The predicted octanol–water partition coefficient (Wildman–Crippen LogP) is 2.32. The molecular weight excluding hydrogens is 278 g/mol. The number of carbonyl (C=O) groups is 1. The van der Waals surface area contributed by atoms with E-state index in [1.54, 1.807) is 24.3 Å². The van der Waals surface area contributed by atoms with Crippen LogP contribution in [0.1, 0.15) is 11.1 Å². The first-order valence-electron chi connectivity index (χ1n) is 6.81. The summed E-state index contributed by atoms with van der Waals surface area (Å²) < 4.78 is 5.75. The molecule has 0 bridgehead atoms. The molecule has 0 fully saturated rings. The molecule has 0 aliphatic carbocycles. The van der Waals surface area contributed by atoms with Crippen LogP contribution in [0.4, 0.5) is 5.69 Å². The van der Waals surface area contributed by atoms with Gasteiger partial charge in [-0.25, -0.2) is 4.99 Å². The highest BCUT2D eigenvalue weighted by atomic mass is 16.5. The largest absolute Gasteiger partial charge is 0.442 e. The van der Waals surface area contributed by atoms with Crippen LogP contribution in [0.25, 0.3) is 0 Å². The number of rotatable bonds is 2. The number of para-hydroxylation sites is 1. The number of nitriles is 1. The number of aliphatic imine (C=N–C) groups is 1. The molecule has 1 heterocycles. The first-order chi connectivity index (χ1) is 10.7. The first-order valence-corrected chi connectivity index (χ1v) is 6.81. The minimum absolute atomic E-state index is 0.265. The van der Waals surface area contributed by atoms with E-state index in [-0.39, 0.29) is 5.90 Å². The van der Waals surface area contributed by atoms with E-state index < -0.39 is 11.8 Å². The van der Waals surface area contributed by atoms with E-state index in [4.69, 9.17) is 15.7 Å². The van der Waals surface area contributed by atoms with Gasteiger partial charge in [-0.2, -0.15) is 5.26 Å². The van der Waals surface area contributed by atoms with Gasteiger partial charge in [0.15, 0.2) is 0 Å². The number of ether oxygens (including phenoxy) is 1. The standard InChI is InChI=1S/C17H13N3O2/c18-10-11-4-3-6-13(8-11)20-17-14(16(19)21)9-12-5-1-2-7-15(12)22-17/h1-8,14H,9H2,(H2,19,21). The Morgan fingerprint density at radius 3 is 2.86 bits per heavy atom. The molecule has 0 aromatic heterocycles. The molecule has 0 spiro atoms. The lowest BCUT2D eigenvalue weighted by molar-refractivity contribution is -0.120. The van der Waals surface area contributed by atoms with Crippen LogP contribution in [0.3, 0.4) is 0 Å². The SMILES string of the molecule is N#Cc1cccc(N=C2Oc3ccccc3CC2C(N)=O)c1.